The molecule has 1 unspecified atom stereocenters. The van der Waals surface area contributed by atoms with Crippen molar-refractivity contribution < 1.29 is 27.8 Å². The van der Waals surface area contributed by atoms with Crippen molar-refractivity contribution in [3.8, 4) is 11.5 Å². The van der Waals surface area contributed by atoms with Crippen LogP contribution in [0.3, 0.4) is 0 Å². The number of carbonyl (C=O) groups is 1. The first-order valence-corrected chi connectivity index (χ1v) is 8.03. The van der Waals surface area contributed by atoms with Crippen LogP contribution in [0.5, 0.6) is 11.5 Å². The molecule has 9 heteroatoms. The van der Waals surface area contributed by atoms with Crippen molar-refractivity contribution in [1.29, 1.82) is 0 Å². The number of nitrogens with zero attached hydrogens (tertiary/aromatic N) is 1. The first kappa shape index (κ1) is 16.5. The summed E-state index contributed by atoms with van der Waals surface area (Å²) in [6.07, 6.45) is 0. The third kappa shape index (κ3) is 3.01. The van der Waals surface area contributed by atoms with Gasteiger partial charge in [0.2, 0.25) is 10.0 Å². The maximum Gasteiger partial charge on any atom is 0.323 e. The van der Waals surface area contributed by atoms with Crippen molar-refractivity contribution >= 4 is 16.0 Å². The van der Waals surface area contributed by atoms with Crippen LogP contribution >= 0.6 is 0 Å². The van der Waals surface area contributed by atoms with Crippen molar-refractivity contribution in [2.75, 3.05) is 33.9 Å². The lowest BCUT2D eigenvalue weighted by Crippen LogP contribution is -2.56. The van der Waals surface area contributed by atoms with E-state index >= 15 is 0 Å². The number of benzene rings is 1. The van der Waals surface area contributed by atoms with Gasteiger partial charge in [-0.3, -0.25) is 4.79 Å². The van der Waals surface area contributed by atoms with Gasteiger partial charge in [0.15, 0.2) is 11.5 Å². The molecule has 1 aromatic rings. The minimum atomic E-state index is -3.94. The minimum absolute atomic E-state index is 0.0294. The molecule has 1 saturated heterocycles. The number of carboxylic acids is 1. The van der Waals surface area contributed by atoms with Crippen molar-refractivity contribution in [3.05, 3.63) is 18.2 Å². The molecule has 1 atom stereocenters. The van der Waals surface area contributed by atoms with Gasteiger partial charge in [-0.25, -0.2) is 8.42 Å². The molecular formula is C13H18N2O6S. The quantitative estimate of drug-likeness (QED) is 0.767. The lowest BCUT2D eigenvalue weighted by Gasteiger charge is -2.32. The predicted molar refractivity (Wildman–Crippen MR) is 77.7 cm³/mol. The van der Waals surface area contributed by atoms with Crippen LogP contribution in [0.25, 0.3) is 0 Å². The number of sulfonamides is 1. The molecule has 0 spiro atoms. The molecule has 1 aliphatic heterocycles. The van der Waals surface area contributed by atoms with E-state index in [1.54, 1.807) is 0 Å². The normalized spacial score (nSPS) is 19.6. The average molecular weight is 330 g/mol. The highest BCUT2D eigenvalue weighted by Crippen LogP contribution is 2.31. The van der Waals surface area contributed by atoms with Gasteiger partial charge < -0.3 is 19.9 Å². The second-order valence-electron chi connectivity index (χ2n) is 4.69. The second-order valence-corrected chi connectivity index (χ2v) is 6.58. The Balaban J connectivity index is 2.42. The number of nitrogens with one attached hydrogen (secondary N) is 1. The molecule has 1 aromatic carbocycles. The Bertz CT molecular complexity index is 660. The summed E-state index contributed by atoms with van der Waals surface area (Å²) in [7, 11) is -1.09. The molecule has 0 amide bonds. The van der Waals surface area contributed by atoms with E-state index in [-0.39, 0.29) is 23.7 Å². The molecule has 2 rings (SSSR count). The summed E-state index contributed by atoms with van der Waals surface area (Å²) in [6.45, 7) is 0.561. The SMILES string of the molecule is COc1ccc(S(=O)(=O)N2CCNCC2C(=O)O)cc1OC. The van der Waals surface area contributed by atoms with Crippen molar-refractivity contribution in [1.82, 2.24) is 9.62 Å². The van der Waals surface area contributed by atoms with Crippen LogP contribution in [0.15, 0.2) is 23.1 Å². The summed E-state index contributed by atoms with van der Waals surface area (Å²) >= 11 is 0. The van der Waals surface area contributed by atoms with Gasteiger partial charge in [0.05, 0.1) is 19.1 Å². The van der Waals surface area contributed by atoms with Gasteiger partial charge in [-0.2, -0.15) is 4.31 Å². The summed E-state index contributed by atoms with van der Waals surface area (Å²) in [5.74, 6) is -0.515. The molecule has 22 heavy (non-hydrogen) atoms. The Morgan fingerprint density at radius 1 is 1.32 bits per heavy atom. The number of hydrogen-bond donors (Lipinski definition) is 2. The number of methoxy groups -OCH3 is 2. The van der Waals surface area contributed by atoms with E-state index in [4.69, 9.17) is 9.47 Å². The topological polar surface area (TPSA) is 105 Å². The van der Waals surface area contributed by atoms with Crippen LogP contribution in [0.1, 0.15) is 0 Å². The highest BCUT2D eigenvalue weighted by atomic mass is 32.2. The van der Waals surface area contributed by atoms with E-state index in [1.165, 1.54) is 32.4 Å². The molecule has 8 nitrogen and oxygen atoms in total. The molecule has 0 saturated carbocycles. The maximum absolute atomic E-state index is 12.7. The van der Waals surface area contributed by atoms with E-state index in [0.717, 1.165) is 4.31 Å². The highest BCUT2D eigenvalue weighted by molar-refractivity contribution is 7.89. The van der Waals surface area contributed by atoms with E-state index in [9.17, 15) is 18.3 Å². The van der Waals surface area contributed by atoms with Gasteiger partial charge >= 0.3 is 5.97 Å². The predicted octanol–water partition coefficient (Wildman–Crippen LogP) is -0.249. The van der Waals surface area contributed by atoms with Crippen LogP contribution in [-0.2, 0) is 14.8 Å². The fraction of sp³-hybridized carbons (Fsp3) is 0.462. The average Bonchev–Trinajstić information content (AvgIpc) is 2.54. The molecule has 0 radical (unpaired) electrons. The Morgan fingerprint density at radius 3 is 2.59 bits per heavy atom. The van der Waals surface area contributed by atoms with Gasteiger partial charge in [-0.15, -0.1) is 0 Å². The summed E-state index contributed by atoms with van der Waals surface area (Å²) < 4.78 is 36.6. The van der Waals surface area contributed by atoms with Crippen molar-refractivity contribution in [3.63, 3.8) is 0 Å². The first-order valence-electron chi connectivity index (χ1n) is 6.59. The Labute approximate surface area is 128 Å². The molecule has 0 aliphatic carbocycles. The van der Waals surface area contributed by atoms with Gasteiger partial charge in [0.1, 0.15) is 6.04 Å². The number of aliphatic carboxylic acids is 1. The smallest absolute Gasteiger partial charge is 0.323 e. The Kier molecular flexibility index (Phi) is 4.89. The Morgan fingerprint density at radius 2 is 2.00 bits per heavy atom. The maximum atomic E-state index is 12.7. The zero-order valence-corrected chi connectivity index (χ0v) is 13.1. The summed E-state index contributed by atoms with van der Waals surface area (Å²) in [5.41, 5.74) is 0. The van der Waals surface area contributed by atoms with Gasteiger partial charge in [0.25, 0.3) is 0 Å². The van der Waals surface area contributed by atoms with Gasteiger partial charge in [-0.05, 0) is 12.1 Å². The largest absolute Gasteiger partial charge is 0.493 e. The highest BCUT2D eigenvalue weighted by Gasteiger charge is 2.37. The molecule has 122 valence electrons. The number of ether oxygens (including phenoxy) is 2. The lowest BCUT2D eigenvalue weighted by molar-refractivity contribution is -0.141. The molecule has 1 fully saturated rings. The van der Waals surface area contributed by atoms with Gasteiger partial charge in [0, 0.05) is 25.7 Å². The van der Waals surface area contributed by atoms with Crippen LogP contribution in [0.4, 0.5) is 0 Å². The zero-order valence-electron chi connectivity index (χ0n) is 12.3. The van der Waals surface area contributed by atoms with Gasteiger partial charge in [-0.1, -0.05) is 0 Å². The van der Waals surface area contributed by atoms with Crippen molar-refractivity contribution in [2.24, 2.45) is 0 Å². The number of piperazine rings is 1. The summed E-state index contributed by atoms with van der Waals surface area (Å²) in [5, 5.41) is 12.1. The van der Waals surface area contributed by atoms with E-state index < -0.39 is 22.0 Å². The molecule has 2 N–H and O–H groups in total. The lowest BCUT2D eigenvalue weighted by atomic mass is 10.2. The Hall–Kier alpha value is -1.84. The minimum Gasteiger partial charge on any atom is -0.493 e. The number of rotatable bonds is 5. The molecule has 1 heterocycles. The fourth-order valence-electron chi connectivity index (χ4n) is 2.30. The monoisotopic (exact) mass is 330 g/mol. The summed E-state index contributed by atoms with van der Waals surface area (Å²) in [6, 6.07) is 3.04. The molecule has 0 aromatic heterocycles. The van der Waals surface area contributed by atoms with Crippen LogP contribution in [-0.4, -0.2) is 63.7 Å². The third-order valence-electron chi connectivity index (χ3n) is 3.44. The number of carboxylic acid groups (broad SMARTS) is 1. The number of hydrogen-bond acceptors (Lipinski definition) is 6. The standard InChI is InChI=1S/C13H18N2O6S/c1-20-11-4-3-9(7-12(11)21-2)22(18,19)15-6-5-14-8-10(15)13(16)17/h3-4,7,10,14H,5-6,8H2,1-2H3,(H,16,17). The van der Waals surface area contributed by atoms with Crippen LogP contribution in [0.2, 0.25) is 0 Å². The third-order valence-corrected chi connectivity index (χ3v) is 5.35. The molecular weight excluding hydrogens is 312 g/mol. The van der Waals surface area contributed by atoms with E-state index in [0.29, 0.717) is 12.3 Å². The zero-order chi connectivity index (χ0) is 16.3. The molecule has 1 aliphatic rings. The summed E-state index contributed by atoms with van der Waals surface area (Å²) in [4.78, 5) is 11.2. The van der Waals surface area contributed by atoms with Crippen LogP contribution in [0, 0.1) is 0 Å². The van der Waals surface area contributed by atoms with E-state index in [2.05, 4.69) is 5.32 Å². The van der Waals surface area contributed by atoms with Crippen LogP contribution < -0.4 is 14.8 Å². The first-order chi connectivity index (χ1) is 10.4. The molecule has 0 bridgehead atoms. The second kappa shape index (κ2) is 6.51. The van der Waals surface area contributed by atoms with E-state index in [1.807, 2.05) is 0 Å². The fourth-order valence-corrected chi connectivity index (χ4v) is 3.89. The van der Waals surface area contributed by atoms with Crippen molar-refractivity contribution in [2.45, 2.75) is 10.9 Å².